The van der Waals surface area contributed by atoms with Crippen molar-refractivity contribution in [3.8, 4) is 0 Å². The molecule has 0 aliphatic carbocycles. The molecule has 30 heavy (non-hydrogen) atoms. The molecule has 3 nitrogen and oxygen atoms in total. The topological polar surface area (TPSA) is 27.7 Å². The molecule has 0 spiro atoms. The zero-order valence-corrected chi connectivity index (χ0v) is 22.0. The molecule has 0 amide bonds. The normalized spacial score (nSPS) is 12.0. The Morgan fingerprint density at radius 2 is 0.833 bits per heavy atom. The SMILES string of the molecule is [CH2]CCCC[Si](OCCCCCCC)(OCCCCCCC)OCCCCCCC. The molecule has 0 aliphatic heterocycles. The molecule has 0 aromatic carbocycles. The van der Waals surface area contributed by atoms with Gasteiger partial charge in [0.2, 0.25) is 0 Å². The van der Waals surface area contributed by atoms with Crippen molar-refractivity contribution in [2.75, 3.05) is 19.8 Å². The van der Waals surface area contributed by atoms with Crippen molar-refractivity contribution in [2.24, 2.45) is 0 Å². The van der Waals surface area contributed by atoms with Gasteiger partial charge in [-0.05, 0) is 25.7 Å². The Balaban J connectivity index is 4.61. The van der Waals surface area contributed by atoms with Crippen molar-refractivity contribution >= 4 is 8.80 Å². The maximum Gasteiger partial charge on any atom is 0.500 e. The summed E-state index contributed by atoms with van der Waals surface area (Å²) in [5.41, 5.74) is 0. The Bertz CT molecular complexity index is 285. The van der Waals surface area contributed by atoms with E-state index in [0.717, 1.165) is 64.4 Å². The van der Waals surface area contributed by atoms with Gasteiger partial charge in [-0.3, -0.25) is 0 Å². The summed E-state index contributed by atoms with van der Waals surface area (Å²) in [6.07, 6.45) is 22.1. The molecule has 4 heteroatoms. The van der Waals surface area contributed by atoms with Gasteiger partial charge < -0.3 is 13.3 Å². The van der Waals surface area contributed by atoms with E-state index in [-0.39, 0.29) is 0 Å². The van der Waals surface area contributed by atoms with Crippen LogP contribution in [0.5, 0.6) is 0 Å². The quantitative estimate of drug-likeness (QED) is 0.104. The van der Waals surface area contributed by atoms with Crippen molar-refractivity contribution in [2.45, 2.75) is 142 Å². The second-order valence-electron chi connectivity index (χ2n) is 8.78. The minimum absolute atomic E-state index is 0.798. The Labute approximate surface area is 191 Å². The number of hydrogen-bond acceptors (Lipinski definition) is 3. The third-order valence-corrected chi connectivity index (χ3v) is 8.59. The first-order valence-corrected chi connectivity index (χ1v) is 15.4. The largest absolute Gasteiger partial charge is 0.500 e. The summed E-state index contributed by atoms with van der Waals surface area (Å²) in [7, 11) is -2.57. The molecule has 0 bridgehead atoms. The average Bonchev–Trinajstić information content (AvgIpc) is 2.75. The molecule has 0 aromatic rings. The van der Waals surface area contributed by atoms with Crippen LogP contribution in [0.2, 0.25) is 6.04 Å². The lowest BCUT2D eigenvalue weighted by Crippen LogP contribution is -2.46. The molecular weight excluding hydrogens is 388 g/mol. The maximum atomic E-state index is 6.49. The summed E-state index contributed by atoms with van der Waals surface area (Å²) in [5.74, 6) is 0. The molecule has 0 aliphatic rings. The lowest BCUT2D eigenvalue weighted by Gasteiger charge is -2.30. The van der Waals surface area contributed by atoms with Crippen molar-refractivity contribution in [1.82, 2.24) is 0 Å². The van der Waals surface area contributed by atoms with E-state index in [1.54, 1.807) is 0 Å². The van der Waals surface area contributed by atoms with Crippen LogP contribution >= 0.6 is 0 Å². The van der Waals surface area contributed by atoms with E-state index in [1.807, 2.05) is 0 Å². The van der Waals surface area contributed by atoms with E-state index < -0.39 is 8.80 Å². The van der Waals surface area contributed by atoms with Gasteiger partial charge in [0.05, 0.1) is 0 Å². The Morgan fingerprint density at radius 3 is 1.17 bits per heavy atom. The molecule has 0 unspecified atom stereocenters. The molecule has 181 valence electrons. The van der Waals surface area contributed by atoms with Crippen LogP contribution in [0.1, 0.15) is 136 Å². The van der Waals surface area contributed by atoms with Crippen molar-refractivity contribution in [1.29, 1.82) is 0 Å². The molecule has 0 rings (SSSR count). The Kier molecular flexibility index (Phi) is 23.8. The van der Waals surface area contributed by atoms with Gasteiger partial charge in [-0.2, -0.15) is 0 Å². The molecule has 0 fully saturated rings. The Morgan fingerprint density at radius 1 is 0.467 bits per heavy atom. The van der Waals surface area contributed by atoms with Gasteiger partial charge in [-0.25, -0.2) is 0 Å². The smallest absolute Gasteiger partial charge is 0.373 e. The van der Waals surface area contributed by atoms with Crippen LogP contribution in [0.3, 0.4) is 0 Å². The van der Waals surface area contributed by atoms with Gasteiger partial charge in [-0.15, -0.1) is 0 Å². The average molecular weight is 444 g/mol. The van der Waals surface area contributed by atoms with E-state index in [1.165, 1.54) is 77.0 Å². The highest BCUT2D eigenvalue weighted by Gasteiger charge is 2.40. The van der Waals surface area contributed by atoms with E-state index >= 15 is 0 Å². The summed E-state index contributed by atoms with van der Waals surface area (Å²) < 4.78 is 19.5. The van der Waals surface area contributed by atoms with E-state index in [4.69, 9.17) is 13.3 Å². The molecule has 0 N–H and O–H groups in total. The second kappa shape index (κ2) is 23.8. The van der Waals surface area contributed by atoms with Crippen molar-refractivity contribution < 1.29 is 13.3 Å². The lowest BCUT2D eigenvalue weighted by molar-refractivity contribution is 0.0546. The molecule has 0 aromatic heterocycles. The van der Waals surface area contributed by atoms with Gasteiger partial charge in [0, 0.05) is 25.9 Å². The van der Waals surface area contributed by atoms with E-state index in [9.17, 15) is 0 Å². The van der Waals surface area contributed by atoms with Crippen molar-refractivity contribution in [3.05, 3.63) is 6.92 Å². The summed E-state index contributed by atoms with van der Waals surface area (Å²) in [6, 6.07) is 0.960. The van der Waals surface area contributed by atoms with Gasteiger partial charge in [-0.1, -0.05) is 118 Å². The fourth-order valence-electron chi connectivity index (χ4n) is 3.66. The molecule has 1 radical (unpaired) electrons. The fourth-order valence-corrected chi connectivity index (χ4v) is 6.39. The van der Waals surface area contributed by atoms with Gasteiger partial charge in [0.25, 0.3) is 0 Å². The molecule has 0 atom stereocenters. The summed E-state index contributed by atoms with van der Waals surface area (Å²) in [4.78, 5) is 0. The van der Waals surface area contributed by atoms with Crippen LogP contribution in [-0.4, -0.2) is 28.6 Å². The zero-order chi connectivity index (χ0) is 22.2. The van der Waals surface area contributed by atoms with E-state index in [0.29, 0.717) is 0 Å². The van der Waals surface area contributed by atoms with E-state index in [2.05, 4.69) is 27.7 Å². The van der Waals surface area contributed by atoms with Crippen LogP contribution in [0, 0.1) is 6.92 Å². The molecule has 0 saturated heterocycles. The minimum Gasteiger partial charge on any atom is -0.373 e. The third kappa shape index (κ3) is 18.8. The number of rotatable bonds is 25. The summed E-state index contributed by atoms with van der Waals surface area (Å²) in [5, 5.41) is 0. The third-order valence-electron chi connectivity index (χ3n) is 5.69. The first kappa shape index (κ1) is 30.1. The molecule has 0 saturated carbocycles. The van der Waals surface area contributed by atoms with Gasteiger partial charge in [0.1, 0.15) is 0 Å². The first-order valence-electron chi connectivity index (χ1n) is 13.5. The highest BCUT2D eigenvalue weighted by atomic mass is 28.4. The van der Waals surface area contributed by atoms with Gasteiger partial charge in [0.15, 0.2) is 0 Å². The molecular formula is C26H55O3Si. The zero-order valence-electron chi connectivity index (χ0n) is 21.0. The van der Waals surface area contributed by atoms with Crippen LogP contribution in [0.15, 0.2) is 0 Å². The highest BCUT2D eigenvalue weighted by molar-refractivity contribution is 6.60. The van der Waals surface area contributed by atoms with Crippen LogP contribution in [0.25, 0.3) is 0 Å². The highest BCUT2D eigenvalue weighted by Crippen LogP contribution is 2.22. The lowest BCUT2D eigenvalue weighted by atomic mass is 10.2. The predicted octanol–water partition coefficient (Wildman–Crippen LogP) is 8.89. The summed E-state index contributed by atoms with van der Waals surface area (Å²) in [6.45, 7) is 13.2. The predicted molar refractivity (Wildman–Crippen MR) is 134 cm³/mol. The van der Waals surface area contributed by atoms with Gasteiger partial charge >= 0.3 is 8.80 Å². The first-order chi connectivity index (χ1) is 14.7. The Hall–Kier alpha value is 0.0969. The molecule has 0 heterocycles. The standard InChI is InChI=1S/C26H55O3Si/c1-5-9-13-16-19-23-27-30(26-22-12-8-4,28-24-20-17-14-10-6-2)29-25-21-18-15-11-7-3/h4-26H2,1-3H3. The van der Waals surface area contributed by atoms with Crippen LogP contribution in [0.4, 0.5) is 0 Å². The fraction of sp³-hybridized carbons (Fsp3) is 0.962. The second-order valence-corrected chi connectivity index (χ2v) is 11.5. The van der Waals surface area contributed by atoms with Crippen molar-refractivity contribution in [3.63, 3.8) is 0 Å². The minimum atomic E-state index is -2.57. The monoisotopic (exact) mass is 443 g/mol. The number of hydrogen-bond donors (Lipinski definition) is 0. The maximum absolute atomic E-state index is 6.49. The number of unbranched alkanes of at least 4 members (excludes halogenated alkanes) is 14. The van der Waals surface area contributed by atoms with Crippen LogP contribution < -0.4 is 0 Å². The summed E-state index contributed by atoms with van der Waals surface area (Å²) >= 11 is 0. The van der Waals surface area contributed by atoms with Crippen LogP contribution in [-0.2, 0) is 13.3 Å².